The highest BCUT2D eigenvalue weighted by molar-refractivity contribution is 5.69. The van der Waals surface area contributed by atoms with Crippen molar-refractivity contribution in [3.63, 3.8) is 0 Å². The molecule has 0 bridgehead atoms. The van der Waals surface area contributed by atoms with Gasteiger partial charge in [-0.05, 0) is 42.0 Å². The van der Waals surface area contributed by atoms with Crippen molar-refractivity contribution in [2.75, 3.05) is 24.3 Å². The zero-order valence-corrected chi connectivity index (χ0v) is 18.1. The fourth-order valence-electron chi connectivity index (χ4n) is 3.75. The zero-order valence-electron chi connectivity index (χ0n) is 18.1. The summed E-state index contributed by atoms with van der Waals surface area (Å²) < 4.78 is 13.2. The number of nitrogens with two attached hydrogens (primary N) is 1. The van der Waals surface area contributed by atoms with Gasteiger partial charge in [0.2, 0.25) is 5.95 Å². The summed E-state index contributed by atoms with van der Waals surface area (Å²) in [5.41, 5.74) is 10.5. The van der Waals surface area contributed by atoms with Crippen LogP contribution in [0.15, 0.2) is 67.1 Å². The van der Waals surface area contributed by atoms with Crippen LogP contribution in [0.4, 0.5) is 17.3 Å². The quantitative estimate of drug-likeness (QED) is 0.416. The number of nitrogen functional groups attached to an aromatic ring is 1. The molecule has 0 radical (unpaired) electrons. The van der Waals surface area contributed by atoms with E-state index in [4.69, 9.17) is 15.2 Å². The average Bonchev–Trinajstić information content (AvgIpc) is 3.35. The number of nitrogens with one attached hydrogen (secondary N) is 1. The highest BCUT2D eigenvalue weighted by Crippen LogP contribution is 2.30. The third kappa shape index (κ3) is 5.27. The van der Waals surface area contributed by atoms with Gasteiger partial charge in [0.15, 0.2) is 0 Å². The Morgan fingerprint density at radius 3 is 2.82 bits per heavy atom. The van der Waals surface area contributed by atoms with Crippen molar-refractivity contribution in [3.05, 3.63) is 72.7 Å². The molecule has 0 unspecified atom stereocenters. The molecule has 1 saturated heterocycles. The molecule has 0 spiro atoms. The van der Waals surface area contributed by atoms with Gasteiger partial charge in [-0.25, -0.2) is 14.6 Å². The SMILES string of the molecule is Nc1cc(-c2ccnc(Nc3cccc(Cn4ccnn4)c3)n2)ccc1OC1CCOCC1. The molecule has 2 aromatic heterocycles. The van der Waals surface area contributed by atoms with Gasteiger partial charge in [0.1, 0.15) is 11.9 Å². The molecule has 2 aromatic carbocycles. The van der Waals surface area contributed by atoms with Crippen LogP contribution in [0.3, 0.4) is 0 Å². The second-order valence-electron chi connectivity index (χ2n) is 7.87. The summed E-state index contributed by atoms with van der Waals surface area (Å²) in [7, 11) is 0. The molecule has 168 valence electrons. The molecule has 1 aliphatic heterocycles. The Morgan fingerprint density at radius 2 is 2.00 bits per heavy atom. The van der Waals surface area contributed by atoms with E-state index in [0.717, 1.165) is 48.6 Å². The number of anilines is 3. The Morgan fingerprint density at radius 1 is 1.09 bits per heavy atom. The van der Waals surface area contributed by atoms with Gasteiger partial charge in [-0.3, -0.25) is 0 Å². The second kappa shape index (κ2) is 9.66. The van der Waals surface area contributed by atoms with E-state index in [9.17, 15) is 0 Å². The van der Waals surface area contributed by atoms with Gasteiger partial charge in [-0.2, -0.15) is 0 Å². The summed E-state index contributed by atoms with van der Waals surface area (Å²) in [4.78, 5) is 9.03. The van der Waals surface area contributed by atoms with E-state index >= 15 is 0 Å². The van der Waals surface area contributed by atoms with Crippen LogP contribution < -0.4 is 15.8 Å². The van der Waals surface area contributed by atoms with Crippen LogP contribution in [0.5, 0.6) is 5.75 Å². The first-order valence-corrected chi connectivity index (χ1v) is 10.9. The Balaban J connectivity index is 1.29. The summed E-state index contributed by atoms with van der Waals surface area (Å²) in [6.07, 6.45) is 7.12. The highest BCUT2D eigenvalue weighted by Gasteiger charge is 2.17. The van der Waals surface area contributed by atoms with Crippen LogP contribution in [-0.2, 0) is 11.3 Å². The number of benzene rings is 2. The molecule has 0 atom stereocenters. The number of aromatic nitrogens is 5. The first-order valence-electron chi connectivity index (χ1n) is 10.9. The van der Waals surface area contributed by atoms with E-state index < -0.39 is 0 Å². The summed E-state index contributed by atoms with van der Waals surface area (Å²) >= 11 is 0. The maximum Gasteiger partial charge on any atom is 0.227 e. The van der Waals surface area contributed by atoms with Gasteiger partial charge in [-0.15, -0.1) is 5.10 Å². The number of nitrogens with zero attached hydrogens (tertiary/aromatic N) is 5. The lowest BCUT2D eigenvalue weighted by Crippen LogP contribution is -2.26. The summed E-state index contributed by atoms with van der Waals surface area (Å²) in [6, 6.07) is 15.7. The molecule has 5 rings (SSSR count). The lowest BCUT2D eigenvalue weighted by molar-refractivity contribution is 0.0259. The Kier molecular flexibility index (Phi) is 6.12. The number of hydrogen-bond acceptors (Lipinski definition) is 8. The average molecular weight is 444 g/mol. The smallest absolute Gasteiger partial charge is 0.227 e. The molecular weight excluding hydrogens is 418 g/mol. The van der Waals surface area contributed by atoms with Crippen molar-refractivity contribution in [3.8, 4) is 17.0 Å². The maximum atomic E-state index is 6.28. The molecule has 0 saturated carbocycles. The molecule has 3 N–H and O–H groups in total. The molecule has 33 heavy (non-hydrogen) atoms. The van der Waals surface area contributed by atoms with Gasteiger partial charge >= 0.3 is 0 Å². The van der Waals surface area contributed by atoms with Gasteiger partial charge in [-0.1, -0.05) is 17.3 Å². The van der Waals surface area contributed by atoms with Crippen molar-refractivity contribution in [1.29, 1.82) is 0 Å². The summed E-state index contributed by atoms with van der Waals surface area (Å²) in [6.45, 7) is 2.09. The van der Waals surface area contributed by atoms with E-state index in [1.807, 2.05) is 54.7 Å². The van der Waals surface area contributed by atoms with Gasteiger partial charge < -0.3 is 20.5 Å². The predicted molar refractivity (Wildman–Crippen MR) is 125 cm³/mol. The maximum absolute atomic E-state index is 6.28. The molecule has 0 aliphatic carbocycles. The third-order valence-electron chi connectivity index (χ3n) is 5.42. The first kappa shape index (κ1) is 20.9. The van der Waals surface area contributed by atoms with Crippen molar-refractivity contribution >= 4 is 17.3 Å². The van der Waals surface area contributed by atoms with Crippen LogP contribution in [-0.4, -0.2) is 44.3 Å². The van der Waals surface area contributed by atoms with Crippen molar-refractivity contribution < 1.29 is 9.47 Å². The van der Waals surface area contributed by atoms with Crippen LogP contribution in [0.25, 0.3) is 11.3 Å². The molecule has 4 aromatic rings. The normalized spacial score (nSPS) is 14.2. The molecule has 1 aliphatic rings. The monoisotopic (exact) mass is 443 g/mol. The third-order valence-corrected chi connectivity index (χ3v) is 5.42. The van der Waals surface area contributed by atoms with E-state index in [1.54, 1.807) is 17.1 Å². The van der Waals surface area contributed by atoms with Crippen molar-refractivity contribution in [2.24, 2.45) is 0 Å². The van der Waals surface area contributed by atoms with Gasteiger partial charge in [0, 0.05) is 36.5 Å². The van der Waals surface area contributed by atoms with Crippen LogP contribution in [0.1, 0.15) is 18.4 Å². The molecule has 9 heteroatoms. The number of ether oxygens (including phenoxy) is 2. The van der Waals surface area contributed by atoms with Crippen LogP contribution in [0.2, 0.25) is 0 Å². The number of hydrogen-bond donors (Lipinski definition) is 2. The minimum absolute atomic E-state index is 0.141. The Hall–Kier alpha value is -3.98. The first-order chi connectivity index (χ1) is 16.2. The van der Waals surface area contributed by atoms with E-state index in [1.165, 1.54) is 0 Å². The van der Waals surface area contributed by atoms with Gasteiger partial charge in [0.05, 0.1) is 37.3 Å². The fourth-order valence-corrected chi connectivity index (χ4v) is 3.75. The minimum Gasteiger partial charge on any atom is -0.488 e. The van der Waals surface area contributed by atoms with E-state index in [-0.39, 0.29) is 6.10 Å². The predicted octanol–water partition coefficient (Wildman–Crippen LogP) is 3.67. The molecule has 9 nitrogen and oxygen atoms in total. The Bertz CT molecular complexity index is 1210. The standard InChI is InChI=1S/C24H25N7O2/c25-21-15-18(4-5-23(21)33-20-7-12-32-13-8-20)22-6-9-26-24(29-22)28-19-3-1-2-17(14-19)16-31-11-10-27-30-31/h1-6,9-11,14-15,20H,7-8,12-13,16,25H2,(H,26,28,29). The topological polar surface area (TPSA) is 113 Å². The number of rotatable bonds is 7. The van der Waals surface area contributed by atoms with Crippen LogP contribution >= 0.6 is 0 Å². The van der Waals surface area contributed by atoms with E-state index in [0.29, 0.717) is 23.9 Å². The highest BCUT2D eigenvalue weighted by atomic mass is 16.5. The largest absolute Gasteiger partial charge is 0.488 e. The fraction of sp³-hybridized carbons (Fsp3) is 0.250. The summed E-state index contributed by atoms with van der Waals surface area (Å²) in [5, 5.41) is 11.1. The lowest BCUT2D eigenvalue weighted by Gasteiger charge is -2.24. The van der Waals surface area contributed by atoms with Crippen molar-refractivity contribution in [2.45, 2.75) is 25.5 Å². The second-order valence-corrected chi connectivity index (χ2v) is 7.87. The zero-order chi connectivity index (χ0) is 22.5. The molecule has 3 heterocycles. The van der Waals surface area contributed by atoms with Crippen molar-refractivity contribution in [1.82, 2.24) is 25.0 Å². The minimum atomic E-state index is 0.141. The molecule has 1 fully saturated rings. The summed E-state index contributed by atoms with van der Waals surface area (Å²) in [5.74, 6) is 1.20. The van der Waals surface area contributed by atoms with E-state index in [2.05, 4.69) is 25.6 Å². The lowest BCUT2D eigenvalue weighted by atomic mass is 10.1. The van der Waals surface area contributed by atoms with Crippen LogP contribution in [0, 0.1) is 0 Å². The molecule has 0 amide bonds. The molecular formula is C24H25N7O2. The van der Waals surface area contributed by atoms with Gasteiger partial charge in [0.25, 0.3) is 0 Å². The Labute approximate surface area is 191 Å².